The molecule has 3 nitrogen and oxygen atoms in total. The molecule has 0 fully saturated rings. The van der Waals surface area contributed by atoms with Gasteiger partial charge < -0.3 is 14.4 Å². The van der Waals surface area contributed by atoms with E-state index in [9.17, 15) is 0 Å². The van der Waals surface area contributed by atoms with Gasteiger partial charge in [-0.2, -0.15) is 0 Å². The summed E-state index contributed by atoms with van der Waals surface area (Å²) in [7, 11) is 0. The molecule has 9 aromatic rings. The molecule has 0 N–H and O–H groups in total. The van der Waals surface area contributed by atoms with Crippen LogP contribution in [0.5, 0.6) is 23.0 Å². The average Bonchev–Trinajstić information content (AvgIpc) is 3.77. The molecule has 0 atom stereocenters. The maximum Gasteiger partial charge on any atom is 0.178 e. The van der Waals surface area contributed by atoms with Crippen molar-refractivity contribution < 1.29 is 9.47 Å². The Hall–Kier alpha value is -7.62. The summed E-state index contributed by atoms with van der Waals surface area (Å²) in [5.74, 6) is 2.85. The number of ether oxygens (including phenoxy) is 2. The van der Waals surface area contributed by atoms with Crippen LogP contribution in [0.15, 0.2) is 206 Å². The lowest BCUT2D eigenvalue weighted by Crippen LogP contribution is -2.25. The summed E-state index contributed by atoms with van der Waals surface area (Å²) in [6, 6.07) is 74.0. The molecule has 0 bridgehead atoms. The molecule has 9 aromatic carbocycles. The highest BCUT2D eigenvalue weighted by Gasteiger charge is 2.53. The molecular weight excluding hydrogens is 719 g/mol. The van der Waals surface area contributed by atoms with Crippen molar-refractivity contribution in [2.45, 2.75) is 12.3 Å². The second kappa shape index (κ2) is 13.0. The Kier molecular flexibility index (Phi) is 7.36. The quantitative estimate of drug-likeness (QED) is 0.175. The fraction of sp³-hybridized carbons (Fsp3) is 0.0357. The molecule has 59 heavy (non-hydrogen) atoms. The van der Waals surface area contributed by atoms with E-state index in [-0.39, 0.29) is 0 Å². The number of hydrogen-bond acceptors (Lipinski definition) is 3. The number of fused-ring (bicyclic) bond motifs is 13. The van der Waals surface area contributed by atoms with E-state index in [0.29, 0.717) is 17.2 Å². The first kappa shape index (κ1) is 33.5. The maximum absolute atomic E-state index is 6.98. The Bertz CT molecular complexity index is 3050. The number of hydrogen-bond donors (Lipinski definition) is 0. The Morgan fingerprint density at radius 2 is 0.831 bits per heavy atom. The van der Waals surface area contributed by atoms with Crippen molar-refractivity contribution in [2.24, 2.45) is 0 Å². The predicted molar refractivity (Wildman–Crippen MR) is 240 cm³/mol. The topological polar surface area (TPSA) is 21.7 Å². The summed E-state index contributed by atoms with van der Waals surface area (Å²) in [6.45, 7) is 2.12. The van der Waals surface area contributed by atoms with Gasteiger partial charge >= 0.3 is 0 Å². The molecule has 2 aliphatic carbocycles. The highest BCUT2D eigenvalue weighted by atomic mass is 16.6. The van der Waals surface area contributed by atoms with Crippen molar-refractivity contribution >= 4 is 17.1 Å². The van der Waals surface area contributed by atoms with Crippen LogP contribution < -0.4 is 14.4 Å². The zero-order chi connectivity index (χ0) is 39.1. The third-order valence-electron chi connectivity index (χ3n) is 12.4. The monoisotopic (exact) mass is 755 g/mol. The zero-order valence-electron chi connectivity index (χ0n) is 32.4. The predicted octanol–water partition coefficient (Wildman–Crippen LogP) is 15.0. The van der Waals surface area contributed by atoms with Crippen LogP contribution in [0.1, 0.15) is 27.8 Å². The van der Waals surface area contributed by atoms with Gasteiger partial charge in [0.15, 0.2) is 23.0 Å². The lowest BCUT2D eigenvalue weighted by atomic mass is 9.70. The zero-order valence-corrected chi connectivity index (χ0v) is 32.4. The second-order valence-electron chi connectivity index (χ2n) is 15.7. The SMILES string of the molecule is Cc1ccc(N(c2ccc(-c3ccc(-c4ccccc4)cc3)cc2)c2ccc3c(c2)Oc2ccc4c(c2O3)-c2ccccc2C42c3ccccc3-c3ccccc32)cc1. The molecule has 1 aliphatic heterocycles. The minimum Gasteiger partial charge on any atom is -0.449 e. The Labute approximate surface area is 344 Å². The number of anilines is 3. The molecule has 1 heterocycles. The molecule has 0 amide bonds. The Morgan fingerprint density at radius 1 is 0.356 bits per heavy atom. The highest BCUT2D eigenvalue weighted by molar-refractivity contribution is 5.98. The van der Waals surface area contributed by atoms with Gasteiger partial charge in [-0.3, -0.25) is 0 Å². The van der Waals surface area contributed by atoms with E-state index in [4.69, 9.17) is 9.47 Å². The number of nitrogens with zero attached hydrogens (tertiary/aromatic N) is 1. The lowest BCUT2D eigenvalue weighted by Gasteiger charge is -2.31. The maximum atomic E-state index is 6.98. The van der Waals surface area contributed by atoms with E-state index in [1.54, 1.807) is 0 Å². The molecule has 278 valence electrons. The first-order chi connectivity index (χ1) is 29.1. The van der Waals surface area contributed by atoms with Gasteiger partial charge in [-0.15, -0.1) is 0 Å². The van der Waals surface area contributed by atoms with Gasteiger partial charge in [0.25, 0.3) is 0 Å². The van der Waals surface area contributed by atoms with Crippen LogP contribution in [-0.4, -0.2) is 0 Å². The van der Waals surface area contributed by atoms with E-state index in [2.05, 4.69) is 212 Å². The largest absolute Gasteiger partial charge is 0.449 e. The van der Waals surface area contributed by atoms with E-state index < -0.39 is 5.41 Å². The summed E-state index contributed by atoms with van der Waals surface area (Å²) in [5, 5.41) is 0. The normalized spacial score (nSPS) is 13.2. The molecular formula is C56H37NO2. The van der Waals surface area contributed by atoms with E-state index in [1.807, 2.05) is 6.07 Å². The minimum absolute atomic E-state index is 0.447. The van der Waals surface area contributed by atoms with E-state index in [1.165, 1.54) is 61.2 Å². The molecule has 0 unspecified atom stereocenters. The van der Waals surface area contributed by atoms with Crippen molar-refractivity contribution in [3.63, 3.8) is 0 Å². The number of rotatable bonds is 5. The van der Waals surface area contributed by atoms with Crippen LogP contribution in [0.2, 0.25) is 0 Å². The van der Waals surface area contributed by atoms with Crippen LogP contribution in [-0.2, 0) is 5.41 Å². The smallest absolute Gasteiger partial charge is 0.178 e. The van der Waals surface area contributed by atoms with Crippen LogP contribution in [0, 0.1) is 6.92 Å². The van der Waals surface area contributed by atoms with Crippen molar-refractivity contribution in [1.82, 2.24) is 0 Å². The molecule has 3 heteroatoms. The summed E-state index contributed by atoms with van der Waals surface area (Å²) in [5.41, 5.74) is 18.6. The third kappa shape index (κ3) is 5.01. The molecule has 0 saturated heterocycles. The van der Waals surface area contributed by atoms with Gasteiger partial charge in [-0.1, -0.05) is 163 Å². The standard InChI is InChI=1S/C56H37NO2/c1-36-19-27-41(28-20-36)57(42-29-25-40(26-30-42)39-23-21-38(22-24-39)37-11-3-2-4-12-37)43-31-33-51-53(35-43)58-52-34-32-50-54(55(52)59-51)46-15-7-10-18-49(46)56(50)47-16-8-5-13-44(47)45-14-6-9-17-48(45)56/h2-35H,1H3. The van der Waals surface area contributed by atoms with Gasteiger partial charge in [-0.05, 0) is 111 Å². The molecule has 12 rings (SSSR count). The lowest BCUT2D eigenvalue weighted by molar-refractivity contribution is 0.360. The van der Waals surface area contributed by atoms with Crippen molar-refractivity contribution in [3.05, 3.63) is 234 Å². The summed E-state index contributed by atoms with van der Waals surface area (Å²) in [6.07, 6.45) is 0. The van der Waals surface area contributed by atoms with Gasteiger partial charge in [0.05, 0.1) is 11.1 Å². The molecule has 3 aliphatic rings. The Morgan fingerprint density at radius 3 is 1.46 bits per heavy atom. The van der Waals surface area contributed by atoms with Gasteiger partial charge in [0.2, 0.25) is 0 Å². The van der Waals surface area contributed by atoms with Crippen molar-refractivity contribution in [3.8, 4) is 67.5 Å². The number of benzene rings is 9. The first-order valence-corrected chi connectivity index (χ1v) is 20.2. The highest BCUT2D eigenvalue weighted by Crippen LogP contribution is 2.66. The molecule has 1 spiro atoms. The van der Waals surface area contributed by atoms with Gasteiger partial charge in [0, 0.05) is 23.0 Å². The third-order valence-corrected chi connectivity index (χ3v) is 12.4. The Balaban J connectivity index is 0.923. The molecule has 0 saturated carbocycles. The molecule has 0 radical (unpaired) electrons. The average molecular weight is 756 g/mol. The van der Waals surface area contributed by atoms with Gasteiger partial charge in [0.1, 0.15) is 0 Å². The van der Waals surface area contributed by atoms with Crippen molar-refractivity contribution in [2.75, 3.05) is 4.90 Å². The summed E-state index contributed by atoms with van der Waals surface area (Å²) < 4.78 is 13.8. The van der Waals surface area contributed by atoms with E-state index >= 15 is 0 Å². The first-order valence-electron chi connectivity index (χ1n) is 20.2. The fourth-order valence-corrected chi connectivity index (χ4v) is 9.77. The fourth-order valence-electron chi connectivity index (χ4n) is 9.77. The van der Waals surface area contributed by atoms with E-state index in [0.717, 1.165) is 33.9 Å². The minimum atomic E-state index is -0.447. The summed E-state index contributed by atoms with van der Waals surface area (Å²) in [4.78, 5) is 2.28. The summed E-state index contributed by atoms with van der Waals surface area (Å²) >= 11 is 0. The molecule has 0 aromatic heterocycles. The van der Waals surface area contributed by atoms with Crippen LogP contribution in [0.25, 0.3) is 44.5 Å². The van der Waals surface area contributed by atoms with Crippen LogP contribution >= 0.6 is 0 Å². The van der Waals surface area contributed by atoms with Crippen LogP contribution in [0.4, 0.5) is 17.1 Å². The second-order valence-corrected chi connectivity index (χ2v) is 15.7. The van der Waals surface area contributed by atoms with Crippen molar-refractivity contribution in [1.29, 1.82) is 0 Å². The van der Waals surface area contributed by atoms with Gasteiger partial charge in [-0.25, -0.2) is 0 Å². The van der Waals surface area contributed by atoms with Crippen LogP contribution in [0.3, 0.4) is 0 Å². The number of aryl methyl sites for hydroxylation is 1.